The molecule has 7 fully saturated rings. The van der Waals surface area contributed by atoms with Crippen LogP contribution in [0.4, 0.5) is 0 Å². The van der Waals surface area contributed by atoms with Gasteiger partial charge in [0.2, 0.25) is 5.91 Å². The van der Waals surface area contributed by atoms with E-state index >= 15 is 0 Å². The van der Waals surface area contributed by atoms with Gasteiger partial charge in [-0.3, -0.25) is 19.2 Å². The van der Waals surface area contributed by atoms with E-state index in [4.69, 9.17) is 23.8 Å². The van der Waals surface area contributed by atoms with Gasteiger partial charge in [0.15, 0.2) is 11.8 Å². The third-order valence-electron chi connectivity index (χ3n) is 15.8. The van der Waals surface area contributed by atoms with Gasteiger partial charge in [-0.2, -0.15) is 5.06 Å². The molecule has 11 rings (SSSR count). The second-order valence-corrected chi connectivity index (χ2v) is 20.1. The summed E-state index contributed by atoms with van der Waals surface area (Å²) >= 11 is 0. The lowest BCUT2D eigenvalue weighted by Gasteiger charge is -2.53. The van der Waals surface area contributed by atoms with E-state index in [1.807, 2.05) is 18.2 Å². The average molecular weight is 844 g/mol. The summed E-state index contributed by atoms with van der Waals surface area (Å²) in [5.74, 6) is -0.874. The molecule has 0 radical (unpaired) electrons. The highest BCUT2D eigenvalue weighted by Crippen LogP contribution is 2.61. The Morgan fingerprint density at radius 2 is 1.66 bits per heavy atom. The largest absolute Gasteiger partial charge is 0.458 e. The zero-order chi connectivity index (χ0) is 42.6. The van der Waals surface area contributed by atoms with Crippen LogP contribution < -0.4 is 10.6 Å². The Balaban J connectivity index is 0.867. The number of ether oxygens (including phenoxy) is 4. The molecule has 3 aromatic carbocycles. The van der Waals surface area contributed by atoms with Gasteiger partial charge in [0.25, 0.3) is 5.91 Å². The van der Waals surface area contributed by atoms with E-state index in [-0.39, 0.29) is 50.1 Å². The fourth-order valence-electron chi connectivity index (χ4n) is 12.5. The van der Waals surface area contributed by atoms with E-state index in [1.54, 1.807) is 23.3 Å². The van der Waals surface area contributed by atoms with Crippen LogP contribution >= 0.6 is 0 Å². The monoisotopic (exact) mass is 843 g/mol. The maximum Gasteiger partial charge on any atom is 0.327 e. The zero-order valence-electron chi connectivity index (χ0n) is 35.8. The van der Waals surface area contributed by atoms with Gasteiger partial charge in [0.05, 0.1) is 24.9 Å². The summed E-state index contributed by atoms with van der Waals surface area (Å²) in [4.78, 5) is 48.8. The van der Waals surface area contributed by atoms with E-state index < -0.39 is 47.6 Å². The highest BCUT2D eigenvalue weighted by Gasteiger charge is 2.76. The smallest absolute Gasteiger partial charge is 0.327 e. The molecule has 0 aromatic heterocycles. The number of rotatable bonds is 9. The van der Waals surface area contributed by atoms with Crippen LogP contribution in [0, 0.1) is 22.7 Å². The lowest BCUT2D eigenvalue weighted by atomic mass is 9.52. The molecule has 3 N–H and O–H groups in total. The summed E-state index contributed by atoms with van der Waals surface area (Å²) in [7, 11) is 0. The van der Waals surface area contributed by atoms with E-state index in [9.17, 15) is 19.5 Å². The number of fused-ring (bicyclic) bond motifs is 7. The van der Waals surface area contributed by atoms with Crippen molar-refractivity contribution in [1.82, 2.24) is 15.7 Å². The number of epoxide rings is 1. The van der Waals surface area contributed by atoms with Gasteiger partial charge in [0.1, 0.15) is 29.8 Å². The number of aliphatic hydroxyl groups is 1. The molecule has 4 heterocycles. The van der Waals surface area contributed by atoms with E-state index in [0.717, 1.165) is 41.5 Å². The Morgan fingerprint density at radius 3 is 2.42 bits per heavy atom. The highest BCUT2D eigenvalue weighted by molar-refractivity contribution is 5.95. The van der Waals surface area contributed by atoms with Crippen LogP contribution in [-0.2, 0) is 59.3 Å². The van der Waals surface area contributed by atoms with E-state index in [0.29, 0.717) is 47.3 Å². The molecule has 326 valence electrons. The first kappa shape index (κ1) is 40.4. The Morgan fingerprint density at radius 1 is 0.887 bits per heavy atom. The maximum absolute atomic E-state index is 14.9. The number of hydrogen-bond donors (Lipinski definition) is 3. The van der Waals surface area contributed by atoms with Crippen LogP contribution in [-0.4, -0.2) is 89.1 Å². The molecule has 10 atom stereocenters. The van der Waals surface area contributed by atoms with Crippen molar-refractivity contribution in [3.05, 3.63) is 112 Å². The number of hydroxylamine groups is 2. The van der Waals surface area contributed by atoms with Gasteiger partial charge in [-0.25, -0.2) is 0 Å². The predicted molar refractivity (Wildman–Crippen MR) is 227 cm³/mol. The third kappa shape index (κ3) is 6.67. The van der Waals surface area contributed by atoms with Gasteiger partial charge in [0, 0.05) is 37.9 Å². The number of hydrogen-bond acceptors (Lipinski definition) is 10. The Bertz CT molecular complexity index is 2300. The molecular formula is C50H57N3O9. The average Bonchev–Trinajstić information content (AvgIpc) is 3.53. The van der Waals surface area contributed by atoms with Crippen molar-refractivity contribution in [2.24, 2.45) is 22.7 Å². The summed E-state index contributed by atoms with van der Waals surface area (Å²) in [6.45, 7) is 7.46. The first-order valence-electron chi connectivity index (χ1n) is 22.7. The van der Waals surface area contributed by atoms with Gasteiger partial charge >= 0.3 is 5.97 Å². The van der Waals surface area contributed by atoms with Crippen LogP contribution in [0.5, 0.6) is 0 Å². The van der Waals surface area contributed by atoms with Crippen molar-refractivity contribution in [1.29, 1.82) is 0 Å². The number of nitrogens with one attached hydrogen (secondary N) is 2. The molecule has 1 unspecified atom stereocenters. The van der Waals surface area contributed by atoms with Crippen LogP contribution in [0.1, 0.15) is 97.5 Å². The maximum atomic E-state index is 14.9. The molecule has 12 nitrogen and oxygen atoms in total. The summed E-state index contributed by atoms with van der Waals surface area (Å²) in [6.07, 6.45) is 6.90. The number of nitrogens with zero attached hydrogens (tertiary/aromatic N) is 1. The third-order valence-corrected chi connectivity index (χ3v) is 15.8. The molecular weight excluding hydrogens is 787 g/mol. The molecule has 4 saturated heterocycles. The summed E-state index contributed by atoms with van der Waals surface area (Å²) in [5.41, 5.74) is 6.08. The van der Waals surface area contributed by atoms with Crippen molar-refractivity contribution >= 4 is 23.9 Å². The Kier molecular flexibility index (Phi) is 9.65. The normalized spacial score (nSPS) is 36.2. The van der Waals surface area contributed by atoms with Crippen LogP contribution in [0.3, 0.4) is 0 Å². The number of carbonyl (C=O) groups is 3. The zero-order valence-corrected chi connectivity index (χ0v) is 35.8. The topological polar surface area (TPSA) is 148 Å². The number of amides is 2. The second-order valence-electron chi connectivity index (χ2n) is 20.1. The second kappa shape index (κ2) is 14.8. The summed E-state index contributed by atoms with van der Waals surface area (Å²) in [6, 6.07) is 22.6. The highest BCUT2D eigenvalue weighted by atomic mass is 16.8. The summed E-state index contributed by atoms with van der Waals surface area (Å²) in [5, 5.41) is 16.6. The molecule has 8 aliphatic rings. The molecule has 2 amide bonds. The van der Waals surface area contributed by atoms with Crippen LogP contribution in [0.2, 0.25) is 0 Å². The van der Waals surface area contributed by atoms with E-state index in [1.165, 1.54) is 18.4 Å². The number of aliphatic hydroxyl groups excluding tert-OH is 1. The van der Waals surface area contributed by atoms with Crippen LogP contribution in [0.15, 0.2) is 78.4 Å². The Hall–Kier alpha value is -4.43. The molecule has 4 aliphatic carbocycles. The quantitative estimate of drug-likeness (QED) is 0.184. The van der Waals surface area contributed by atoms with Crippen molar-refractivity contribution in [2.75, 3.05) is 13.2 Å². The lowest BCUT2D eigenvalue weighted by molar-refractivity contribution is -0.217. The first-order valence-corrected chi connectivity index (χ1v) is 22.7. The van der Waals surface area contributed by atoms with Crippen molar-refractivity contribution in [3.8, 4) is 0 Å². The fourth-order valence-corrected chi connectivity index (χ4v) is 12.5. The summed E-state index contributed by atoms with van der Waals surface area (Å²) < 4.78 is 26.2. The number of allylic oxidation sites excluding steroid dienone is 1. The van der Waals surface area contributed by atoms with Gasteiger partial charge in [-0.1, -0.05) is 86.2 Å². The van der Waals surface area contributed by atoms with Gasteiger partial charge < -0.3 is 34.7 Å². The molecule has 1 spiro atoms. The molecule has 3 saturated carbocycles. The molecule has 4 aliphatic heterocycles. The number of esters is 1. The van der Waals surface area contributed by atoms with Crippen molar-refractivity contribution in [3.63, 3.8) is 0 Å². The fraction of sp³-hybridized carbons (Fsp3) is 0.540. The minimum atomic E-state index is -1.34. The van der Waals surface area contributed by atoms with Crippen LogP contribution in [0.25, 0.3) is 6.08 Å². The van der Waals surface area contributed by atoms with Gasteiger partial charge in [-0.05, 0) is 96.2 Å². The molecule has 62 heavy (non-hydrogen) atoms. The number of benzene rings is 3. The number of carbonyl (C=O) groups excluding carboxylic acids is 3. The van der Waals surface area contributed by atoms with Gasteiger partial charge in [-0.15, -0.1) is 0 Å². The standard InChI is InChI=1S/C50H57N3O9/c1-47(2)25-36-32(15-16-39-48(3,59-39)18-17-37(36)47)21-29-11-13-30(14-12-29)28-53-42-45(56)58-38-26-50(42,46(57)52-27-31-7-6-10-33(22-31)44(55)51-19-20-54)43(62-53)41-40(38)60-49(61-41)23-34-8-4-5-9-35(34)24-49/h4-14,21-22,36-43,54H,15-20,23-28H2,1-3H3,(H,51,55)(H,52,57)/t36-,37-,38-,39?,40+,41+,42+,43-,48-,50+/m1/s1. The lowest BCUT2D eigenvalue weighted by Crippen LogP contribution is -2.69. The van der Waals surface area contributed by atoms with E-state index in [2.05, 4.69) is 73.9 Å². The van der Waals surface area contributed by atoms with Crippen molar-refractivity contribution < 1.29 is 43.3 Å². The minimum absolute atomic E-state index is 0.0433. The molecule has 3 aromatic rings. The molecule has 2 bridgehead atoms. The molecule has 12 heteroatoms. The first-order chi connectivity index (χ1) is 29.9. The Labute approximate surface area is 362 Å². The predicted octanol–water partition coefficient (Wildman–Crippen LogP) is 5.58. The minimum Gasteiger partial charge on any atom is -0.458 e. The SMILES string of the molecule is CC1(C)C[C@@H]2C(=Cc3ccc(CN4O[C@@H]5[C@H]6OC7(Cc8ccccc8C7)O[C@H]6[C@H]6C[C@]5(C(=O)NCc5cccc(C(=O)NCCO)c5)[C@@H]4C(=O)O6)cc3)CCC3O[C@]3(C)CC[C@H]21. The van der Waals surface area contributed by atoms with Crippen molar-refractivity contribution in [2.45, 2.75) is 133 Å².